The summed E-state index contributed by atoms with van der Waals surface area (Å²) >= 11 is 1.19. The van der Waals surface area contributed by atoms with Crippen molar-refractivity contribution in [2.24, 2.45) is 0 Å². The van der Waals surface area contributed by atoms with E-state index in [1.165, 1.54) is 43.0 Å². The van der Waals surface area contributed by atoms with Crippen molar-refractivity contribution in [1.29, 1.82) is 0 Å². The zero-order chi connectivity index (χ0) is 24.6. The number of aromatic nitrogens is 3. The van der Waals surface area contributed by atoms with Gasteiger partial charge in [-0.2, -0.15) is 0 Å². The summed E-state index contributed by atoms with van der Waals surface area (Å²) in [4.78, 5) is 24.6. The number of benzene rings is 3. The first-order valence-corrected chi connectivity index (χ1v) is 11.7. The van der Waals surface area contributed by atoms with E-state index >= 15 is 0 Å². The fraction of sp³-hybridized carbons (Fsp3) is 0.120. The number of carbonyl (C=O) groups is 2. The summed E-state index contributed by atoms with van der Waals surface area (Å²) < 4.78 is 20.3. The third kappa shape index (κ3) is 6.24. The molecule has 8 nitrogen and oxygen atoms in total. The van der Waals surface area contributed by atoms with Crippen LogP contribution in [0.4, 0.5) is 4.39 Å². The fourth-order valence-corrected chi connectivity index (χ4v) is 3.87. The molecular formula is C25H22FN5O3S. The molecule has 35 heavy (non-hydrogen) atoms. The zero-order valence-corrected chi connectivity index (χ0v) is 19.5. The summed E-state index contributed by atoms with van der Waals surface area (Å²) in [6.07, 6.45) is -0.900. The number of ether oxygens (including phenoxy) is 1. The highest BCUT2D eigenvalue weighted by Crippen LogP contribution is 2.27. The number of rotatable bonds is 8. The lowest BCUT2D eigenvalue weighted by atomic mass is 10.2. The Bertz CT molecular complexity index is 1280. The molecule has 178 valence electrons. The Morgan fingerprint density at radius 3 is 2.29 bits per heavy atom. The maximum Gasteiger partial charge on any atom is 0.279 e. The van der Waals surface area contributed by atoms with E-state index in [2.05, 4.69) is 21.0 Å². The quantitative estimate of drug-likeness (QED) is 0.288. The average molecular weight is 492 g/mol. The Labute approximate surface area is 205 Å². The largest absolute Gasteiger partial charge is 0.481 e. The Kier molecular flexibility index (Phi) is 7.74. The van der Waals surface area contributed by atoms with E-state index < -0.39 is 23.7 Å². The molecule has 4 rings (SSSR count). The number of hydrazine groups is 1. The summed E-state index contributed by atoms with van der Waals surface area (Å²) in [5.41, 5.74) is 6.45. The van der Waals surface area contributed by atoms with E-state index in [9.17, 15) is 14.0 Å². The second kappa shape index (κ2) is 11.3. The van der Waals surface area contributed by atoms with E-state index in [0.717, 1.165) is 11.3 Å². The minimum Gasteiger partial charge on any atom is -0.481 e. The van der Waals surface area contributed by atoms with Crippen LogP contribution in [0.15, 0.2) is 90.1 Å². The number of para-hydroxylation sites is 1. The second-order valence-corrected chi connectivity index (χ2v) is 8.33. The second-order valence-electron chi connectivity index (χ2n) is 7.38. The molecule has 1 atom stereocenters. The van der Waals surface area contributed by atoms with Crippen LogP contribution in [0.25, 0.3) is 17.1 Å². The SMILES string of the molecule is CC(Oc1ccc(F)cc1)C(=O)NNC(=O)CSc1nnc(-c2ccccc2)n1-c1ccccc1. The Morgan fingerprint density at radius 2 is 1.60 bits per heavy atom. The molecule has 0 saturated carbocycles. The van der Waals surface area contributed by atoms with Crippen molar-refractivity contribution in [3.8, 4) is 22.8 Å². The lowest BCUT2D eigenvalue weighted by molar-refractivity contribution is -0.131. The van der Waals surface area contributed by atoms with Gasteiger partial charge in [-0.1, -0.05) is 60.3 Å². The number of amides is 2. The van der Waals surface area contributed by atoms with Crippen LogP contribution in [0.5, 0.6) is 5.75 Å². The molecular weight excluding hydrogens is 469 g/mol. The highest BCUT2D eigenvalue weighted by molar-refractivity contribution is 7.99. The lowest BCUT2D eigenvalue weighted by Gasteiger charge is -2.15. The first-order chi connectivity index (χ1) is 17.0. The molecule has 0 saturated heterocycles. The van der Waals surface area contributed by atoms with Crippen molar-refractivity contribution in [1.82, 2.24) is 25.6 Å². The first kappa shape index (κ1) is 24.0. The number of hydrogen-bond donors (Lipinski definition) is 2. The van der Waals surface area contributed by atoms with Crippen LogP contribution in [0.2, 0.25) is 0 Å². The average Bonchev–Trinajstić information content (AvgIpc) is 3.32. The van der Waals surface area contributed by atoms with Crippen LogP contribution in [-0.4, -0.2) is 38.4 Å². The number of nitrogens with zero attached hydrogens (tertiary/aromatic N) is 3. The van der Waals surface area contributed by atoms with Crippen LogP contribution >= 0.6 is 11.8 Å². The van der Waals surface area contributed by atoms with Gasteiger partial charge in [-0.05, 0) is 43.3 Å². The topological polar surface area (TPSA) is 98.1 Å². The van der Waals surface area contributed by atoms with Crippen molar-refractivity contribution in [3.05, 3.63) is 90.7 Å². The van der Waals surface area contributed by atoms with Gasteiger partial charge in [0.2, 0.25) is 5.91 Å². The molecule has 0 radical (unpaired) electrons. The molecule has 1 unspecified atom stereocenters. The molecule has 3 aromatic carbocycles. The minimum absolute atomic E-state index is 0.00671. The molecule has 2 N–H and O–H groups in total. The molecule has 0 fully saturated rings. The minimum atomic E-state index is -0.900. The number of carbonyl (C=O) groups excluding carboxylic acids is 2. The Hall–Kier alpha value is -4.18. The third-order valence-electron chi connectivity index (χ3n) is 4.83. The van der Waals surface area contributed by atoms with Crippen LogP contribution in [0.1, 0.15) is 6.92 Å². The van der Waals surface area contributed by atoms with Gasteiger partial charge in [-0.3, -0.25) is 25.0 Å². The van der Waals surface area contributed by atoms with Crippen molar-refractivity contribution >= 4 is 23.6 Å². The van der Waals surface area contributed by atoms with Gasteiger partial charge in [0.05, 0.1) is 5.75 Å². The Morgan fingerprint density at radius 1 is 0.943 bits per heavy atom. The van der Waals surface area contributed by atoms with Gasteiger partial charge in [-0.25, -0.2) is 4.39 Å². The summed E-state index contributed by atoms with van der Waals surface area (Å²) in [5, 5.41) is 9.15. The van der Waals surface area contributed by atoms with Gasteiger partial charge in [0, 0.05) is 11.3 Å². The summed E-state index contributed by atoms with van der Waals surface area (Å²) in [6, 6.07) is 24.6. The van der Waals surface area contributed by atoms with Gasteiger partial charge >= 0.3 is 0 Å². The highest BCUT2D eigenvalue weighted by Gasteiger charge is 2.18. The van der Waals surface area contributed by atoms with Crippen molar-refractivity contribution in [2.75, 3.05) is 5.75 Å². The smallest absolute Gasteiger partial charge is 0.279 e. The first-order valence-electron chi connectivity index (χ1n) is 10.7. The van der Waals surface area contributed by atoms with E-state index in [0.29, 0.717) is 16.7 Å². The van der Waals surface area contributed by atoms with Crippen molar-refractivity contribution in [2.45, 2.75) is 18.2 Å². The fourth-order valence-electron chi connectivity index (χ4n) is 3.12. The predicted octanol–water partition coefficient (Wildman–Crippen LogP) is 3.78. The normalized spacial score (nSPS) is 11.5. The van der Waals surface area contributed by atoms with E-state index in [1.807, 2.05) is 65.2 Å². The lowest BCUT2D eigenvalue weighted by Crippen LogP contribution is -2.47. The third-order valence-corrected chi connectivity index (χ3v) is 5.76. The van der Waals surface area contributed by atoms with Crippen LogP contribution in [0.3, 0.4) is 0 Å². The molecule has 1 aromatic heterocycles. The summed E-state index contributed by atoms with van der Waals surface area (Å²) in [6.45, 7) is 1.52. The number of hydrogen-bond acceptors (Lipinski definition) is 6. The maximum atomic E-state index is 13.0. The van der Waals surface area contributed by atoms with Gasteiger partial charge in [0.15, 0.2) is 17.1 Å². The standard InChI is InChI=1S/C25H22FN5O3S/c1-17(34-21-14-12-19(26)13-15-21)24(33)29-27-22(32)16-35-25-30-28-23(18-8-4-2-5-9-18)31(25)20-10-6-3-7-11-20/h2-15,17H,16H2,1H3,(H,27,32)(H,29,33). The molecule has 2 amide bonds. The van der Waals surface area contributed by atoms with Gasteiger partial charge in [0.1, 0.15) is 11.6 Å². The molecule has 1 heterocycles. The van der Waals surface area contributed by atoms with Gasteiger partial charge in [-0.15, -0.1) is 10.2 Å². The number of halogens is 1. The van der Waals surface area contributed by atoms with Crippen molar-refractivity contribution in [3.63, 3.8) is 0 Å². The molecule has 4 aromatic rings. The monoisotopic (exact) mass is 491 g/mol. The molecule has 0 aliphatic heterocycles. The summed E-state index contributed by atoms with van der Waals surface area (Å²) in [7, 11) is 0. The Balaban J connectivity index is 1.37. The van der Waals surface area contributed by atoms with E-state index in [-0.39, 0.29) is 5.75 Å². The van der Waals surface area contributed by atoms with Crippen molar-refractivity contribution < 1.29 is 18.7 Å². The molecule has 10 heteroatoms. The molecule has 0 spiro atoms. The highest BCUT2D eigenvalue weighted by atomic mass is 32.2. The molecule has 0 aliphatic rings. The summed E-state index contributed by atoms with van der Waals surface area (Å²) in [5.74, 6) is -0.399. The van der Waals surface area contributed by atoms with Gasteiger partial charge in [0.25, 0.3) is 5.91 Å². The molecule has 0 bridgehead atoms. The van der Waals surface area contributed by atoms with E-state index in [1.54, 1.807) is 0 Å². The predicted molar refractivity (Wildman–Crippen MR) is 130 cm³/mol. The molecule has 0 aliphatic carbocycles. The van der Waals surface area contributed by atoms with Crippen LogP contribution in [0, 0.1) is 5.82 Å². The number of thioether (sulfide) groups is 1. The maximum absolute atomic E-state index is 13.0. The van der Waals surface area contributed by atoms with Gasteiger partial charge < -0.3 is 4.74 Å². The van der Waals surface area contributed by atoms with E-state index in [4.69, 9.17) is 4.74 Å². The number of nitrogens with one attached hydrogen (secondary N) is 2. The van der Waals surface area contributed by atoms with Crippen LogP contribution < -0.4 is 15.6 Å². The zero-order valence-electron chi connectivity index (χ0n) is 18.7. The van der Waals surface area contributed by atoms with Crippen LogP contribution in [-0.2, 0) is 9.59 Å².